The summed E-state index contributed by atoms with van der Waals surface area (Å²) in [7, 11) is 0. The van der Waals surface area contributed by atoms with Crippen molar-refractivity contribution in [1.29, 1.82) is 0 Å². The Morgan fingerprint density at radius 1 is 0.732 bits per heavy atom. The van der Waals surface area contributed by atoms with E-state index >= 15 is 0 Å². The first-order chi connectivity index (χ1) is 19.9. The van der Waals surface area contributed by atoms with Gasteiger partial charge in [-0.25, -0.2) is 9.97 Å². The minimum atomic E-state index is -0.179. The fourth-order valence-electron chi connectivity index (χ4n) is 4.17. The smallest absolute Gasteiger partial charge is 0.234 e. The molecule has 12 heteroatoms. The molecular weight excluding hydrogens is 560 g/mol. The number of anilines is 2. The van der Waals surface area contributed by atoms with Gasteiger partial charge in [0.2, 0.25) is 11.8 Å². The van der Waals surface area contributed by atoms with Crippen molar-refractivity contribution in [3.8, 4) is 11.5 Å². The number of imidazole rings is 2. The van der Waals surface area contributed by atoms with Crippen LogP contribution in [0.25, 0.3) is 22.1 Å². The average Bonchev–Trinajstić information content (AvgIpc) is 3.53. The Morgan fingerprint density at radius 2 is 1.20 bits per heavy atom. The van der Waals surface area contributed by atoms with Crippen molar-refractivity contribution < 1.29 is 19.1 Å². The lowest BCUT2D eigenvalue weighted by molar-refractivity contribution is -0.114. The van der Waals surface area contributed by atoms with Crippen LogP contribution in [-0.4, -0.2) is 56.5 Å². The zero-order chi connectivity index (χ0) is 28.8. The summed E-state index contributed by atoms with van der Waals surface area (Å²) >= 11 is 2.63. The van der Waals surface area contributed by atoms with Gasteiger partial charge in [-0.1, -0.05) is 23.5 Å². The fourth-order valence-corrected chi connectivity index (χ4v) is 5.54. The van der Waals surface area contributed by atoms with E-state index in [-0.39, 0.29) is 23.3 Å². The van der Waals surface area contributed by atoms with Crippen LogP contribution in [0.4, 0.5) is 11.4 Å². The van der Waals surface area contributed by atoms with E-state index in [4.69, 9.17) is 9.47 Å². The van der Waals surface area contributed by atoms with Gasteiger partial charge in [-0.2, -0.15) is 0 Å². The van der Waals surface area contributed by atoms with Crippen LogP contribution in [0, 0.1) is 6.92 Å². The third-order valence-corrected chi connectivity index (χ3v) is 7.56. The van der Waals surface area contributed by atoms with Crippen molar-refractivity contribution in [1.82, 2.24) is 19.9 Å². The SMILES string of the molecule is CCOc1ccc2nc(SCC(=O)Nc3cc(C)cc(NC(=O)CSc4nc5ccc(OCC)cc5[nH]4)c3)[nH]c2c1. The van der Waals surface area contributed by atoms with E-state index in [1.54, 1.807) is 6.07 Å². The third-order valence-electron chi connectivity index (χ3n) is 5.81. The number of rotatable bonds is 12. The van der Waals surface area contributed by atoms with E-state index < -0.39 is 0 Å². The van der Waals surface area contributed by atoms with Gasteiger partial charge in [0.05, 0.1) is 46.8 Å². The summed E-state index contributed by atoms with van der Waals surface area (Å²) in [5, 5.41) is 7.12. The molecule has 0 atom stereocenters. The van der Waals surface area contributed by atoms with Crippen LogP contribution < -0.4 is 20.1 Å². The number of amides is 2. The monoisotopic (exact) mass is 590 g/mol. The van der Waals surface area contributed by atoms with Crippen molar-refractivity contribution in [2.75, 3.05) is 35.4 Å². The first-order valence-electron chi connectivity index (χ1n) is 13.1. The molecule has 2 aromatic heterocycles. The first kappa shape index (κ1) is 28.4. The Kier molecular flexibility index (Phi) is 9.00. The number of thioether (sulfide) groups is 2. The molecular formula is C29H30N6O4S2. The number of nitrogens with zero attached hydrogens (tertiary/aromatic N) is 2. The maximum atomic E-state index is 12.7. The van der Waals surface area contributed by atoms with Crippen LogP contribution in [0.3, 0.4) is 0 Å². The van der Waals surface area contributed by atoms with Crippen LogP contribution in [0.2, 0.25) is 0 Å². The Labute approximate surface area is 245 Å². The lowest BCUT2D eigenvalue weighted by Crippen LogP contribution is -2.16. The number of carbonyl (C=O) groups excluding carboxylic acids is 2. The molecule has 4 N–H and O–H groups in total. The largest absolute Gasteiger partial charge is 0.494 e. The van der Waals surface area contributed by atoms with Crippen molar-refractivity contribution >= 4 is 68.8 Å². The van der Waals surface area contributed by atoms with E-state index in [0.29, 0.717) is 34.9 Å². The fraction of sp³-hybridized carbons (Fsp3) is 0.241. The van der Waals surface area contributed by atoms with Crippen LogP contribution >= 0.6 is 23.5 Å². The number of hydrogen-bond donors (Lipinski definition) is 4. The average molecular weight is 591 g/mol. The molecule has 0 aliphatic rings. The molecule has 0 saturated carbocycles. The molecule has 2 heterocycles. The molecule has 0 aliphatic carbocycles. The van der Waals surface area contributed by atoms with Gasteiger partial charge in [0.25, 0.3) is 0 Å². The maximum absolute atomic E-state index is 12.7. The molecule has 41 heavy (non-hydrogen) atoms. The molecule has 0 unspecified atom stereocenters. The molecule has 0 saturated heterocycles. The van der Waals surface area contributed by atoms with E-state index in [2.05, 4.69) is 30.6 Å². The van der Waals surface area contributed by atoms with Crippen LogP contribution in [-0.2, 0) is 9.59 Å². The Hall–Kier alpha value is -4.16. The molecule has 2 amide bonds. The number of carbonyl (C=O) groups is 2. The summed E-state index contributed by atoms with van der Waals surface area (Å²) in [6.07, 6.45) is 0. The van der Waals surface area contributed by atoms with E-state index in [1.165, 1.54) is 23.5 Å². The van der Waals surface area contributed by atoms with E-state index in [9.17, 15) is 9.59 Å². The lowest BCUT2D eigenvalue weighted by Gasteiger charge is -2.10. The number of benzene rings is 3. The number of aryl methyl sites for hydroxylation is 1. The Bertz CT molecular complexity index is 1580. The van der Waals surface area contributed by atoms with Gasteiger partial charge in [0, 0.05) is 23.5 Å². The molecule has 10 nitrogen and oxygen atoms in total. The van der Waals surface area contributed by atoms with Gasteiger partial charge in [-0.05, 0) is 68.8 Å². The predicted octanol–water partition coefficient (Wildman–Crippen LogP) is 6.01. The standard InChI is InChI=1S/C29H30N6O4S2/c1-4-38-20-6-8-22-24(13-20)34-28(32-22)40-15-26(36)30-18-10-17(3)11-19(12-18)31-27(37)16-41-29-33-23-9-7-21(39-5-2)14-25(23)35-29/h6-14H,4-5,15-16H2,1-3H3,(H,30,36)(H,31,37)(H,32,34)(H,33,35). The molecule has 5 rings (SSSR count). The zero-order valence-corrected chi connectivity index (χ0v) is 24.5. The van der Waals surface area contributed by atoms with Gasteiger partial charge < -0.3 is 30.1 Å². The summed E-state index contributed by atoms with van der Waals surface area (Å²) in [4.78, 5) is 40.8. The first-order valence-corrected chi connectivity index (χ1v) is 15.1. The van der Waals surface area contributed by atoms with E-state index in [1.807, 2.05) is 69.3 Å². The normalized spacial score (nSPS) is 11.1. The van der Waals surface area contributed by atoms with Crippen molar-refractivity contribution in [3.05, 3.63) is 60.2 Å². The number of H-pyrrole nitrogens is 2. The van der Waals surface area contributed by atoms with E-state index in [0.717, 1.165) is 39.1 Å². The Morgan fingerprint density at radius 3 is 1.63 bits per heavy atom. The molecule has 0 radical (unpaired) electrons. The second-order valence-corrected chi connectivity index (χ2v) is 11.0. The molecule has 0 spiro atoms. The molecule has 0 aliphatic heterocycles. The minimum absolute atomic E-state index is 0.175. The topological polar surface area (TPSA) is 134 Å². The van der Waals surface area contributed by atoms with Gasteiger partial charge in [0.15, 0.2) is 10.3 Å². The van der Waals surface area contributed by atoms with Crippen molar-refractivity contribution in [2.45, 2.75) is 31.1 Å². The highest BCUT2D eigenvalue weighted by molar-refractivity contribution is 8.00. The number of hydrogen-bond acceptors (Lipinski definition) is 8. The van der Waals surface area contributed by atoms with Gasteiger partial charge in [-0.15, -0.1) is 0 Å². The highest BCUT2D eigenvalue weighted by Gasteiger charge is 2.12. The third kappa shape index (κ3) is 7.53. The van der Waals surface area contributed by atoms with Crippen molar-refractivity contribution in [2.24, 2.45) is 0 Å². The number of aromatic nitrogens is 4. The summed E-state index contributed by atoms with van der Waals surface area (Å²) in [6.45, 7) is 6.95. The number of fused-ring (bicyclic) bond motifs is 2. The molecule has 5 aromatic rings. The highest BCUT2D eigenvalue weighted by Crippen LogP contribution is 2.26. The van der Waals surface area contributed by atoms with Crippen LogP contribution in [0.15, 0.2) is 64.9 Å². The second kappa shape index (κ2) is 13.0. The van der Waals surface area contributed by atoms with Crippen LogP contribution in [0.1, 0.15) is 19.4 Å². The lowest BCUT2D eigenvalue weighted by atomic mass is 10.2. The number of nitrogens with one attached hydrogen (secondary N) is 4. The molecule has 0 fully saturated rings. The highest BCUT2D eigenvalue weighted by atomic mass is 32.2. The van der Waals surface area contributed by atoms with Crippen LogP contribution in [0.5, 0.6) is 11.5 Å². The molecule has 212 valence electrons. The summed E-state index contributed by atoms with van der Waals surface area (Å²) < 4.78 is 11.1. The maximum Gasteiger partial charge on any atom is 0.234 e. The van der Waals surface area contributed by atoms with Gasteiger partial charge in [0.1, 0.15) is 11.5 Å². The molecule has 0 bridgehead atoms. The number of ether oxygens (including phenoxy) is 2. The second-order valence-electron chi connectivity index (χ2n) is 9.07. The summed E-state index contributed by atoms with van der Waals surface area (Å²) in [6, 6.07) is 16.8. The quantitative estimate of drug-likeness (QED) is 0.130. The summed E-state index contributed by atoms with van der Waals surface area (Å²) in [5.41, 5.74) is 5.44. The van der Waals surface area contributed by atoms with Crippen molar-refractivity contribution in [3.63, 3.8) is 0 Å². The Balaban J connectivity index is 1.13. The van der Waals surface area contributed by atoms with Gasteiger partial charge >= 0.3 is 0 Å². The molecule has 3 aromatic carbocycles. The van der Waals surface area contributed by atoms with Gasteiger partial charge in [-0.3, -0.25) is 9.59 Å². The predicted molar refractivity (Wildman–Crippen MR) is 164 cm³/mol. The minimum Gasteiger partial charge on any atom is -0.494 e. The summed E-state index contributed by atoms with van der Waals surface area (Å²) in [5.74, 6) is 1.53. The zero-order valence-electron chi connectivity index (χ0n) is 22.9. The number of aromatic amines is 2.